The Morgan fingerprint density at radius 1 is 1.41 bits per heavy atom. The Kier molecular flexibility index (Phi) is 5.57. The molecule has 1 rings (SSSR count). The zero-order chi connectivity index (χ0) is 12.7. The molecule has 1 aromatic carbocycles. The van der Waals surface area contributed by atoms with E-state index in [1.54, 1.807) is 0 Å². The van der Waals surface area contributed by atoms with Gasteiger partial charge >= 0.3 is 0 Å². The van der Waals surface area contributed by atoms with Crippen molar-refractivity contribution >= 4 is 5.69 Å². The summed E-state index contributed by atoms with van der Waals surface area (Å²) in [6.07, 6.45) is 1.86. The molecule has 3 heteroatoms. The molecule has 0 radical (unpaired) electrons. The Balaban J connectivity index is 2.81. The first-order valence-corrected chi connectivity index (χ1v) is 5.93. The van der Waals surface area contributed by atoms with Crippen LogP contribution in [0.5, 0.6) is 5.75 Å². The van der Waals surface area contributed by atoms with E-state index >= 15 is 0 Å². The molecule has 0 aliphatic carbocycles. The van der Waals surface area contributed by atoms with Crippen LogP contribution >= 0.6 is 0 Å². The fourth-order valence-electron chi connectivity index (χ4n) is 1.63. The number of ether oxygens (including phenoxy) is 1. The third-order valence-corrected chi connectivity index (χ3v) is 2.42. The molecule has 0 aromatic heterocycles. The Morgan fingerprint density at radius 2 is 2.18 bits per heavy atom. The summed E-state index contributed by atoms with van der Waals surface area (Å²) in [5.41, 5.74) is 2.33. The topological polar surface area (TPSA) is 24.5 Å². The second-order valence-electron chi connectivity index (χ2n) is 4.05. The van der Waals surface area contributed by atoms with Crippen molar-refractivity contribution in [3.8, 4) is 5.75 Å². The summed E-state index contributed by atoms with van der Waals surface area (Å²) < 4.78 is 5.66. The fourth-order valence-corrected chi connectivity index (χ4v) is 1.63. The van der Waals surface area contributed by atoms with Crippen LogP contribution in [0.15, 0.2) is 30.9 Å². The van der Waals surface area contributed by atoms with Crippen molar-refractivity contribution in [3.63, 3.8) is 0 Å². The zero-order valence-corrected chi connectivity index (χ0v) is 11.0. The molecule has 1 N–H and O–H groups in total. The predicted octanol–water partition coefficient (Wildman–Crippen LogP) is 2.43. The van der Waals surface area contributed by atoms with E-state index in [2.05, 4.69) is 35.0 Å². The number of nitrogens with one attached hydrogen (secondary N) is 1. The van der Waals surface area contributed by atoms with E-state index in [9.17, 15) is 0 Å². The quantitative estimate of drug-likeness (QED) is 0.579. The molecule has 94 valence electrons. The van der Waals surface area contributed by atoms with E-state index in [0.29, 0.717) is 6.61 Å². The summed E-state index contributed by atoms with van der Waals surface area (Å²) in [5.74, 6) is 0.940. The van der Waals surface area contributed by atoms with Crippen LogP contribution in [0.3, 0.4) is 0 Å². The smallest absolute Gasteiger partial charge is 0.142 e. The van der Waals surface area contributed by atoms with Crippen LogP contribution in [0.1, 0.15) is 12.5 Å². The molecule has 0 aliphatic heterocycles. The first-order chi connectivity index (χ1) is 8.19. The van der Waals surface area contributed by atoms with Crippen LogP contribution < -0.4 is 15.0 Å². The van der Waals surface area contributed by atoms with Gasteiger partial charge < -0.3 is 15.0 Å². The van der Waals surface area contributed by atoms with Crippen LogP contribution in [0.25, 0.3) is 0 Å². The van der Waals surface area contributed by atoms with Gasteiger partial charge in [0, 0.05) is 27.2 Å². The van der Waals surface area contributed by atoms with Crippen molar-refractivity contribution in [3.05, 3.63) is 36.4 Å². The van der Waals surface area contributed by atoms with Crippen molar-refractivity contribution in [2.24, 2.45) is 0 Å². The van der Waals surface area contributed by atoms with Gasteiger partial charge in [-0.05, 0) is 24.6 Å². The number of hydrogen-bond donors (Lipinski definition) is 1. The highest BCUT2D eigenvalue weighted by molar-refractivity contribution is 5.58. The Morgan fingerprint density at radius 3 is 2.76 bits per heavy atom. The SMILES string of the molecule is C=CCNCc1ccc(N(C)C)c(OCC)c1. The van der Waals surface area contributed by atoms with Gasteiger partial charge in [0.05, 0.1) is 12.3 Å². The van der Waals surface area contributed by atoms with Crippen LogP contribution in [-0.4, -0.2) is 27.2 Å². The standard InChI is InChI=1S/C14H22N2O/c1-5-9-15-11-12-7-8-13(16(3)4)14(10-12)17-6-2/h5,7-8,10,15H,1,6,9,11H2,2-4H3. The minimum Gasteiger partial charge on any atom is -0.492 e. The minimum atomic E-state index is 0.685. The van der Waals surface area contributed by atoms with Gasteiger partial charge in [0.15, 0.2) is 0 Å². The lowest BCUT2D eigenvalue weighted by atomic mass is 10.1. The van der Waals surface area contributed by atoms with Gasteiger partial charge in [0.25, 0.3) is 0 Å². The average Bonchev–Trinajstić information content (AvgIpc) is 2.30. The molecule has 0 atom stereocenters. The molecule has 0 saturated heterocycles. The molecule has 0 unspecified atom stereocenters. The highest BCUT2D eigenvalue weighted by Gasteiger charge is 2.06. The third-order valence-electron chi connectivity index (χ3n) is 2.42. The first kappa shape index (κ1) is 13.6. The lowest BCUT2D eigenvalue weighted by Crippen LogP contribution is -2.14. The second kappa shape index (κ2) is 6.97. The van der Waals surface area contributed by atoms with Gasteiger partial charge in [0.1, 0.15) is 5.75 Å². The van der Waals surface area contributed by atoms with Crippen molar-refractivity contribution in [2.75, 3.05) is 32.1 Å². The van der Waals surface area contributed by atoms with Crippen molar-refractivity contribution < 1.29 is 4.74 Å². The molecule has 0 fully saturated rings. The second-order valence-corrected chi connectivity index (χ2v) is 4.05. The Labute approximate surface area is 104 Å². The highest BCUT2D eigenvalue weighted by Crippen LogP contribution is 2.28. The Bertz CT molecular complexity index is 361. The minimum absolute atomic E-state index is 0.685. The summed E-state index contributed by atoms with van der Waals surface area (Å²) in [4.78, 5) is 2.06. The highest BCUT2D eigenvalue weighted by atomic mass is 16.5. The van der Waals surface area contributed by atoms with E-state index < -0.39 is 0 Å². The normalized spacial score (nSPS) is 10.1. The number of benzene rings is 1. The number of rotatable bonds is 7. The largest absolute Gasteiger partial charge is 0.492 e. The van der Waals surface area contributed by atoms with Gasteiger partial charge in [-0.2, -0.15) is 0 Å². The summed E-state index contributed by atoms with van der Waals surface area (Å²) in [7, 11) is 4.04. The summed E-state index contributed by atoms with van der Waals surface area (Å²) in [6, 6.07) is 6.30. The van der Waals surface area contributed by atoms with Crippen LogP contribution in [0.4, 0.5) is 5.69 Å². The molecular weight excluding hydrogens is 212 g/mol. The fraction of sp³-hybridized carbons (Fsp3) is 0.429. The predicted molar refractivity (Wildman–Crippen MR) is 73.8 cm³/mol. The maximum atomic E-state index is 5.66. The number of anilines is 1. The summed E-state index contributed by atoms with van der Waals surface area (Å²) in [5, 5.41) is 3.28. The van der Waals surface area contributed by atoms with E-state index in [-0.39, 0.29) is 0 Å². The van der Waals surface area contributed by atoms with Gasteiger partial charge in [0.2, 0.25) is 0 Å². The summed E-state index contributed by atoms with van der Waals surface area (Å²) >= 11 is 0. The molecule has 0 saturated carbocycles. The summed E-state index contributed by atoms with van der Waals surface area (Å²) in [6.45, 7) is 8.02. The van der Waals surface area contributed by atoms with Crippen molar-refractivity contribution in [2.45, 2.75) is 13.5 Å². The van der Waals surface area contributed by atoms with Crippen LogP contribution in [-0.2, 0) is 6.54 Å². The molecule has 1 aromatic rings. The Hall–Kier alpha value is -1.48. The van der Waals surface area contributed by atoms with Gasteiger partial charge in [-0.1, -0.05) is 12.1 Å². The molecular formula is C14H22N2O. The zero-order valence-electron chi connectivity index (χ0n) is 11.0. The molecule has 17 heavy (non-hydrogen) atoms. The van der Waals surface area contributed by atoms with E-state index in [1.807, 2.05) is 27.1 Å². The molecule has 0 heterocycles. The van der Waals surface area contributed by atoms with Gasteiger partial charge in [-0.3, -0.25) is 0 Å². The molecule has 0 aliphatic rings. The van der Waals surface area contributed by atoms with E-state index in [4.69, 9.17) is 4.74 Å². The van der Waals surface area contributed by atoms with Crippen molar-refractivity contribution in [1.29, 1.82) is 0 Å². The van der Waals surface area contributed by atoms with E-state index in [1.165, 1.54) is 5.56 Å². The maximum absolute atomic E-state index is 5.66. The third kappa shape index (κ3) is 4.11. The maximum Gasteiger partial charge on any atom is 0.142 e. The molecule has 3 nitrogen and oxygen atoms in total. The first-order valence-electron chi connectivity index (χ1n) is 5.93. The number of nitrogens with zero attached hydrogens (tertiary/aromatic N) is 1. The van der Waals surface area contributed by atoms with E-state index in [0.717, 1.165) is 24.5 Å². The molecule has 0 bridgehead atoms. The molecule has 0 amide bonds. The lowest BCUT2D eigenvalue weighted by molar-refractivity contribution is 0.340. The van der Waals surface area contributed by atoms with Gasteiger partial charge in [-0.15, -0.1) is 6.58 Å². The average molecular weight is 234 g/mol. The van der Waals surface area contributed by atoms with Crippen LogP contribution in [0.2, 0.25) is 0 Å². The van der Waals surface area contributed by atoms with Gasteiger partial charge in [-0.25, -0.2) is 0 Å². The molecule has 0 spiro atoms. The van der Waals surface area contributed by atoms with Crippen molar-refractivity contribution in [1.82, 2.24) is 5.32 Å². The monoisotopic (exact) mass is 234 g/mol. The van der Waals surface area contributed by atoms with Crippen LogP contribution in [0, 0.1) is 0 Å². The lowest BCUT2D eigenvalue weighted by Gasteiger charge is -2.18. The number of hydrogen-bond acceptors (Lipinski definition) is 3.